The van der Waals surface area contributed by atoms with Gasteiger partial charge in [-0.25, -0.2) is 15.0 Å². The van der Waals surface area contributed by atoms with Crippen molar-refractivity contribution in [3.63, 3.8) is 0 Å². The first kappa shape index (κ1) is 18.0. The van der Waals surface area contributed by atoms with Crippen LogP contribution >= 0.6 is 11.3 Å². The molecule has 31 heavy (non-hydrogen) atoms. The lowest BCUT2D eigenvalue weighted by atomic mass is 10.1. The van der Waals surface area contributed by atoms with Gasteiger partial charge < -0.3 is 4.98 Å². The Bertz CT molecular complexity index is 1540. The predicted octanol–water partition coefficient (Wildman–Crippen LogP) is 4.59. The first-order valence-corrected chi connectivity index (χ1v) is 10.9. The van der Waals surface area contributed by atoms with E-state index >= 15 is 0 Å². The smallest absolute Gasteiger partial charge is 0.178 e. The zero-order chi connectivity index (χ0) is 20.9. The molecule has 0 radical (unpaired) electrons. The van der Waals surface area contributed by atoms with Crippen LogP contribution in [0, 0.1) is 0 Å². The van der Waals surface area contributed by atoms with Crippen LogP contribution < -0.4 is 0 Å². The topological polar surface area (TPSA) is 101 Å². The highest BCUT2D eigenvalue weighted by molar-refractivity contribution is 7.13. The molecule has 0 atom stereocenters. The van der Waals surface area contributed by atoms with E-state index in [0.717, 1.165) is 45.5 Å². The molecule has 6 heterocycles. The number of fused-ring (bicyclic) bond motifs is 2. The van der Waals surface area contributed by atoms with Gasteiger partial charge in [0.05, 0.1) is 22.4 Å². The van der Waals surface area contributed by atoms with Crippen LogP contribution in [0.4, 0.5) is 0 Å². The lowest BCUT2D eigenvalue weighted by molar-refractivity contribution is 0.746. The summed E-state index contributed by atoms with van der Waals surface area (Å²) in [5.41, 5.74) is 7.85. The Morgan fingerprint density at radius 1 is 1.10 bits per heavy atom. The summed E-state index contributed by atoms with van der Waals surface area (Å²) in [5, 5.41) is 14.2. The zero-order valence-corrected chi connectivity index (χ0v) is 17.7. The van der Waals surface area contributed by atoms with E-state index in [4.69, 9.17) is 9.97 Å². The molecule has 0 saturated heterocycles. The molecule has 6 rings (SSSR count). The van der Waals surface area contributed by atoms with E-state index in [1.807, 2.05) is 42.2 Å². The van der Waals surface area contributed by atoms with Crippen LogP contribution in [0.5, 0.6) is 0 Å². The number of H-pyrrole nitrogens is 2. The fourth-order valence-corrected chi connectivity index (χ4v) is 4.64. The summed E-state index contributed by atoms with van der Waals surface area (Å²) in [6, 6.07) is 10.1. The molecule has 2 N–H and O–H groups in total. The normalized spacial score (nSPS) is 11.7. The molecule has 8 nitrogen and oxygen atoms in total. The average molecular weight is 427 g/mol. The molecular weight excluding hydrogens is 408 g/mol. The third-order valence-corrected chi connectivity index (χ3v) is 6.23. The molecule has 0 aromatic carbocycles. The summed E-state index contributed by atoms with van der Waals surface area (Å²) in [4.78, 5) is 18.7. The van der Waals surface area contributed by atoms with Gasteiger partial charge in [0.2, 0.25) is 0 Å². The van der Waals surface area contributed by atoms with Gasteiger partial charge in [-0.05, 0) is 36.1 Å². The molecule has 0 aliphatic heterocycles. The number of aryl methyl sites for hydroxylation is 2. The lowest BCUT2D eigenvalue weighted by Gasteiger charge is -2.00. The summed E-state index contributed by atoms with van der Waals surface area (Å²) in [6.45, 7) is 2.10. The van der Waals surface area contributed by atoms with Crippen LogP contribution in [-0.4, -0.2) is 39.9 Å². The van der Waals surface area contributed by atoms with Crippen LogP contribution in [-0.2, 0) is 13.5 Å². The monoisotopic (exact) mass is 426 g/mol. The number of aromatic amines is 2. The summed E-state index contributed by atoms with van der Waals surface area (Å²) < 4.78 is 1.83. The van der Waals surface area contributed by atoms with E-state index in [9.17, 15) is 0 Å². The second-order valence-corrected chi connectivity index (χ2v) is 8.25. The van der Waals surface area contributed by atoms with Crippen LogP contribution in [0.3, 0.4) is 0 Å². The fourth-order valence-electron chi connectivity index (χ4n) is 3.88. The Labute approximate surface area is 181 Å². The van der Waals surface area contributed by atoms with Gasteiger partial charge in [-0.1, -0.05) is 13.0 Å². The number of rotatable bonds is 4. The molecule has 0 spiro atoms. The van der Waals surface area contributed by atoms with Gasteiger partial charge in [0.25, 0.3) is 0 Å². The van der Waals surface area contributed by atoms with E-state index in [0.29, 0.717) is 17.2 Å². The largest absolute Gasteiger partial charge is 0.335 e. The average Bonchev–Trinajstić information content (AvgIpc) is 3.57. The predicted molar refractivity (Wildman–Crippen MR) is 122 cm³/mol. The summed E-state index contributed by atoms with van der Waals surface area (Å²) in [6.07, 6.45) is 4.63. The van der Waals surface area contributed by atoms with E-state index in [2.05, 4.69) is 43.6 Å². The van der Waals surface area contributed by atoms with Gasteiger partial charge >= 0.3 is 0 Å². The van der Waals surface area contributed by atoms with Crippen LogP contribution in [0.1, 0.15) is 12.6 Å². The number of pyridine rings is 2. The minimum atomic E-state index is 0.643. The fraction of sp³-hybridized carbons (Fsp3) is 0.136. The maximum atomic E-state index is 4.92. The summed E-state index contributed by atoms with van der Waals surface area (Å²) in [5.74, 6) is 0.643. The number of nitrogens with zero attached hydrogens (tertiary/aromatic N) is 6. The van der Waals surface area contributed by atoms with Crippen molar-refractivity contribution in [1.29, 1.82) is 0 Å². The molecule has 0 amide bonds. The lowest BCUT2D eigenvalue weighted by Crippen LogP contribution is -1.90. The Morgan fingerprint density at radius 2 is 2.03 bits per heavy atom. The molecule has 6 aromatic heterocycles. The molecule has 0 aliphatic carbocycles. The van der Waals surface area contributed by atoms with Crippen LogP contribution in [0.15, 0.2) is 48.1 Å². The Kier molecular flexibility index (Phi) is 3.97. The highest BCUT2D eigenvalue weighted by Gasteiger charge is 2.18. The van der Waals surface area contributed by atoms with E-state index in [1.54, 1.807) is 17.5 Å². The molecule has 9 heteroatoms. The minimum Gasteiger partial charge on any atom is -0.335 e. The van der Waals surface area contributed by atoms with Gasteiger partial charge in [0, 0.05) is 35.4 Å². The highest BCUT2D eigenvalue weighted by atomic mass is 32.1. The van der Waals surface area contributed by atoms with Crippen molar-refractivity contribution < 1.29 is 0 Å². The molecule has 6 aromatic rings. The molecule has 0 fully saturated rings. The van der Waals surface area contributed by atoms with E-state index in [-0.39, 0.29) is 0 Å². The Hall–Kier alpha value is -3.85. The summed E-state index contributed by atoms with van der Waals surface area (Å²) >= 11 is 1.69. The van der Waals surface area contributed by atoms with Crippen molar-refractivity contribution in [3.05, 3.63) is 53.8 Å². The first-order valence-electron chi connectivity index (χ1n) is 9.98. The number of imidazole rings is 1. The SMILES string of the molecule is CCc1nn(C)cc1-c1ccc2[nH]nc(-c3nc4nccc(-c5cccs5)c4[nH]3)c2n1. The van der Waals surface area contributed by atoms with Crippen LogP contribution in [0.25, 0.3) is 55.4 Å². The second kappa shape index (κ2) is 6.85. The second-order valence-electron chi connectivity index (χ2n) is 7.30. The number of hydrogen-bond acceptors (Lipinski definition) is 6. The van der Waals surface area contributed by atoms with Crippen molar-refractivity contribution in [1.82, 2.24) is 39.9 Å². The van der Waals surface area contributed by atoms with E-state index in [1.165, 1.54) is 4.88 Å². The summed E-state index contributed by atoms with van der Waals surface area (Å²) in [7, 11) is 1.93. The number of aromatic nitrogens is 8. The third-order valence-electron chi connectivity index (χ3n) is 5.33. The third kappa shape index (κ3) is 2.85. The standard InChI is InChI=1S/C22H18N8S/c1-3-14-13(11-30(2)29-14)15-6-7-16-19(24-15)20(28-27-16)22-25-18-12(17-5-4-10-31-17)8-9-23-21(18)26-22/h4-11H,3H2,1-2H3,(H,27,28)(H,23,25,26). The quantitative estimate of drug-likeness (QED) is 0.429. The molecule has 0 bridgehead atoms. The van der Waals surface area contributed by atoms with Crippen LogP contribution in [0.2, 0.25) is 0 Å². The highest BCUT2D eigenvalue weighted by Crippen LogP contribution is 2.33. The molecule has 152 valence electrons. The molecule has 0 unspecified atom stereocenters. The zero-order valence-electron chi connectivity index (χ0n) is 16.9. The van der Waals surface area contributed by atoms with Gasteiger partial charge in [0.1, 0.15) is 5.52 Å². The van der Waals surface area contributed by atoms with Crippen molar-refractivity contribution >= 4 is 33.5 Å². The van der Waals surface area contributed by atoms with Gasteiger partial charge in [0.15, 0.2) is 17.2 Å². The van der Waals surface area contributed by atoms with Crippen molar-refractivity contribution in [2.75, 3.05) is 0 Å². The number of hydrogen-bond donors (Lipinski definition) is 2. The molecular formula is C22H18N8S. The number of thiophene rings is 1. The maximum Gasteiger partial charge on any atom is 0.178 e. The maximum absolute atomic E-state index is 4.92. The molecule has 0 aliphatic rings. The minimum absolute atomic E-state index is 0.643. The number of nitrogens with one attached hydrogen (secondary N) is 2. The van der Waals surface area contributed by atoms with Crippen molar-refractivity contribution in [2.24, 2.45) is 7.05 Å². The van der Waals surface area contributed by atoms with Gasteiger partial charge in [-0.15, -0.1) is 11.3 Å². The van der Waals surface area contributed by atoms with Crippen molar-refractivity contribution in [2.45, 2.75) is 13.3 Å². The molecule has 0 saturated carbocycles. The van der Waals surface area contributed by atoms with E-state index < -0.39 is 0 Å². The Balaban J connectivity index is 1.52. The first-order chi connectivity index (χ1) is 15.2. The van der Waals surface area contributed by atoms with Gasteiger partial charge in [-0.2, -0.15) is 10.2 Å². The van der Waals surface area contributed by atoms with Gasteiger partial charge in [-0.3, -0.25) is 9.78 Å². The van der Waals surface area contributed by atoms with Crippen molar-refractivity contribution in [3.8, 4) is 33.2 Å². The Morgan fingerprint density at radius 3 is 2.87 bits per heavy atom.